The Morgan fingerprint density at radius 3 is 2.75 bits per heavy atom. The number of nitrogens with zero attached hydrogens (tertiary/aromatic N) is 1. The summed E-state index contributed by atoms with van der Waals surface area (Å²) < 4.78 is 0. The summed E-state index contributed by atoms with van der Waals surface area (Å²) in [7, 11) is 0. The van der Waals surface area contributed by atoms with Gasteiger partial charge in [0.25, 0.3) is 0 Å². The summed E-state index contributed by atoms with van der Waals surface area (Å²) >= 11 is 0. The van der Waals surface area contributed by atoms with Gasteiger partial charge >= 0.3 is 0 Å². The Labute approximate surface area is 101 Å². The SMILES string of the molecule is C#CCCN1CCCCC1CNC(C)(C)C. The molecule has 16 heavy (non-hydrogen) atoms. The molecule has 1 aliphatic rings. The molecule has 0 bridgehead atoms. The lowest BCUT2D eigenvalue weighted by atomic mass is 10.0. The van der Waals surface area contributed by atoms with Gasteiger partial charge in [-0.2, -0.15) is 0 Å². The van der Waals surface area contributed by atoms with Gasteiger partial charge in [0, 0.05) is 31.1 Å². The summed E-state index contributed by atoms with van der Waals surface area (Å²) in [6.07, 6.45) is 10.2. The predicted molar refractivity (Wildman–Crippen MR) is 70.4 cm³/mol. The molecule has 1 atom stereocenters. The third-order valence-electron chi connectivity index (χ3n) is 3.16. The summed E-state index contributed by atoms with van der Waals surface area (Å²) in [5.41, 5.74) is 0.217. The van der Waals surface area contributed by atoms with E-state index in [1.807, 2.05) is 0 Å². The summed E-state index contributed by atoms with van der Waals surface area (Å²) in [5.74, 6) is 2.75. The number of hydrogen-bond donors (Lipinski definition) is 1. The third kappa shape index (κ3) is 5.01. The van der Waals surface area contributed by atoms with Crippen LogP contribution in [0, 0.1) is 12.3 Å². The average Bonchev–Trinajstić information content (AvgIpc) is 2.23. The zero-order valence-electron chi connectivity index (χ0n) is 11.1. The molecule has 2 nitrogen and oxygen atoms in total. The Hall–Kier alpha value is -0.520. The molecule has 92 valence electrons. The van der Waals surface area contributed by atoms with Crippen molar-refractivity contribution in [3.63, 3.8) is 0 Å². The molecule has 0 aromatic rings. The highest BCUT2D eigenvalue weighted by Crippen LogP contribution is 2.17. The molecule has 0 aromatic heterocycles. The summed E-state index contributed by atoms with van der Waals surface area (Å²) in [4.78, 5) is 2.56. The predicted octanol–water partition coefficient (Wildman–Crippen LogP) is 2.25. The molecule has 1 N–H and O–H groups in total. The van der Waals surface area contributed by atoms with Gasteiger partial charge in [-0.3, -0.25) is 4.90 Å². The Morgan fingerprint density at radius 1 is 1.38 bits per heavy atom. The van der Waals surface area contributed by atoms with Crippen molar-refractivity contribution < 1.29 is 0 Å². The van der Waals surface area contributed by atoms with Crippen molar-refractivity contribution in [2.75, 3.05) is 19.6 Å². The second-order valence-electron chi connectivity index (χ2n) is 5.77. The molecule has 1 saturated heterocycles. The summed E-state index contributed by atoms with van der Waals surface area (Å²) in [5, 5.41) is 3.60. The highest BCUT2D eigenvalue weighted by atomic mass is 15.2. The molecule has 0 aromatic carbocycles. The van der Waals surface area contributed by atoms with Gasteiger partial charge in [0.1, 0.15) is 0 Å². The topological polar surface area (TPSA) is 15.3 Å². The molecule has 0 spiro atoms. The highest BCUT2D eigenvalue weighted by molar-refractivity contribution is 4.88. The van der Waals surface area contributed by atoms with Gasteiger partial charge in [0.15, 0.2) is 0 Å². The van der Waals surface area contributed by atoms with Crippen molar-refractivity contribution >= 4 is 0 Å². The fraction of sp³-hybridized carbons (Fsp3) is 0.857. The van der Waals surface area contributed by atoms with E-state index < -0.39 is 0 Å². The van der Waals surface area contributed by atoms with Gasteiger partial charge in [-0.15, -0.1) is 12.3 Å². The van der Waals surface area contributed by atoms with E-state index in [0.717, 1.165) is 19.5 Å². The van der Waals surface area contributed by atoms with E-state index >= 15 is 0 Å². The molecular weight excluding hydrogens is 196 g/mol. The molecule has 0 saturated carbocycles. The van der Waals surface area contributed by atoms with Crippen LogP contribution in [0.25, 0.3) is 0 Å². The van der Waals surface area contributed by atoms with Gasteiger partial charge in [-0.25, -0.2) is 0 Å². The Kier molecular flexibility index (Phi) is 5.31. The normalized spacial score (nSPS) is 23.0. The number of terminal acetylenes is 1. The maximum atomic E-state index is 5.34. The van der Waals surface area contributed by atoms with Crippen molar-refractivity contribution in [3.8, 4) is 12.3 Å². The zero-order chi connectivity index (χ0) is 12.0. The lowest BCUT2D eigenvalue weighted by Crippen LogP contribution is -2.49. The quantitative estimate of drug-likeness (QED) is 0.734. The van der Waals surface area contributed by atoms with Crippen LogP contribution in [-0.2, 0) is 0 Å². The summed E-state index contributed by atoms with van der Waals surface area (Å²) in [6.45, 7) is 10.0. The molecule has 1 fully saturated rings. The van der Waals surface area contributed by atoms with E-state index in [0.29, 0.717) is 6.04 Å². The molecule has 1 aliphatic heterocycles. The van der Waals surface area contributed by atoms with Crippen LogP contribution in [0.4, 0.5) is 0 Å². The molecule has 0 radical (unpaired) electrons. The molecular formula is C14H26N2. The number of piperidine rings is 1. The Morgan fingerprint density at radius 2 is 2.12 bits per heavy atom. The van der Waals surface area contributed by atoms with Crippen molar-refractivity contribution in [1.82, 2.24) is 10.2 Å². The minimum atomic E-state index is 0.217. The van der Waals surface area contributed by atoms with Crippen LogP contribution < -0.4 is 5.32 Å². The second kappa shape index (κ2) is 6.27. The van der Waals surface area contributed by atoms with E-state index in [9.17, 15) is 0 Å². The largest absolute Gasteiger partial charge is 0.311 e. The van der Waals surface area contributed by atoms with Crippen molar-refractivity contribution in [3.05, 3.63) is 0 Å². The fourth-order valence-corrected chi connectivity index (χ4v) is 2.22. The van der Waals surface area contributed by atoms with Crippen LogP contribution in [-0.4, -0.2) is 36.1 Å². The van der Waals surface area contributed by atoms with Gasteiger partial charge in [-0.05, 0) is 40.2 Å². The first kappa shape index (κ1) is 13.5. The average molecular weight is 222 g/mol. The molecule has 2 heteroatoms. The first-order valence-electron chi connectivity index (χ1n) is 6.45. The number of rotatable bonds is 4. The smallest absolute Gasteiger partial charge is 0.0221 e. The minimum Gasteiger partial charge on any atom is -0.311 e. The van der Waals surface area contributed by atoms with Crippen LogP contribution in [0.1, 0.15) is 46.5 Å². The van der Waals surface area contributed by atoms with Gasteiger partial charge in [0.2, 0.25) is 0 Å². The first-order valence-corrected chi connectivity index (χ1v) is 6.45. The maximum Gasteiger partial charge on any atom is 0.0221 e. The van der Waals surface area contributed by atoms with E-state index in [4.69, 9.17) is 6.42 Å². The number of likely N-dealkylation sites (tertiary alicyclic amines) is 1. The second-order valence-corrected chi connectivity index (χ2v) is 5.77. The number of nitrogens with one attached hydrogen (secondary N) is 1. The van der Waals surface area contributed by atoms with Crippen LogP contribution in [0.3, 0.4) is 0 Å². The van der Waals surface area contributed by atoms with E-state index in [2.05, 4.69) is 36.9 Å². The minimum absolute atomic E-state index is 0.217. The Bertz CT molecular complexity index is 234. The van der Waals surface area contributed by atoms with Crippen molar-refractivity contribution in [2.24, 2.45) is 0 Å². The first-order chi connectivity index (χ1) is 7.53. The number of hydrogen-bond acceptors (Lipinski definition) is 2. The molecule has 1 unspecified atom stereocenters. The lowest BCUT2D eigenvalue weighted by Gasteiger charge is -2.37. The van der Waals surface area contributed by atoms with Crippen LogP contribution >= 0.6 is 0 Å². The summed E-state index contributed by atoms with van der Waals surface area (Å²) in [6, 6.07) is 0.682. The Balaban J connectivity index is 2.38. The molecule has 1 heterocycles. The van der Waals surface area contributed by atoms with Crippen LogP contribution in [0.2, 0.25) is 0 Å². The molecule has 1 rings (SSSR count). The van der Waals surface area contributed by atoms with Gasteiger partial charge in [0.05, 0.1) is 0 Å². The van der Waals surface area contributed by atoms with E-state index in [1.54, 1.807) is 0 Å². The standard InChI is InChI=1S/C14H26N2/c1-5-6-10-16-11-8-7-9-13(16)12-15-14(2,3)4/h1,13,15H,6-12H2,2-4H3. The van der Waals surface area contributed by atoms with Crippen LogP contribution in [0.15, 0.2) is 0 Å². The molecule has 0 amide bonds. The lowest BCUT2D eigenvalue weighted by molar-refractivity contribution is 0.142. The van der Waals surface area contributed by atoms with Gasteiger partial charge in [-0.1, -0.05) is 6.42 Å². The van der Waals surface area contributed by atoms with Gasteiger partial charge < -0.3 is 5.32 Å². The van der Waals surface area contributed by atoms with E-state index in [-0.39, 0.29) is 5.54 Å². The third-order valence-corrected chi connectivity index (χ3v) is 3.16. The molecule has 0 aliphatic carbocycles. The highest BCUT2D eigenvalue weighted by Gasteiger charge is 2.22. The van der Waals surface area contributed by atoms with E-state index in [1.165, 1.54) is 25.8 Å². The van der Waals surface area contributed by atoms with Crippen molar-refractivity contribution in [1.29, 1.82) is 0 Å². The zero-order valence-corrected chi connectivity index (χ0v) is 11.1. The van der Waals surface area contributed by atoms with Crippen molar-refractivity contribution in [2.45, 2.75) is 58.0 Å². The van der Waals surface area contributed by atoms with Crippen LogP contribution in [0.5, 0.6) is 0 Å². The fourth-order valence-electron chi connectivity index (χ4n) is 2.22. The maximum absolute atomic E-state index is 5.34. The monoisotopic (exact) mass is 222 g/mol.